The molecule has 0 bridgehead atoms. The molecule has 3 nitrogen and oxygen atoms in total. The summed E-state index contributed by atoms with van der Waals surface area (Å²) < 4.78 is 0. The van der Waals surface area contributed by atoms with Gasteiger partial charge in [-0.1, -0.05) is 42.0 Å². The Hall–Kier alpha value is -1.61. The average Bonchev–Trinajstić information content (AvgIpc) is 2.36. The number of amides is 1. The van der Waals surface area contributed by atoms with Gasteiger partial charge in [0.05, 0.1) is 6.04 Å². The van der Waals surface area contributed by atoms with E-state index in [9.17, 15) is 4.79 Å². The Kier molecular flexibility index (Phi) is 6.15. The third-order valence-corrected chi connectivity index (χ3v) is 2.71. The van der Waals surface area contributed by atoms with Crippen molar-refractivity contribution < 1.29 is 4.79 Å². The molecule has 1 aromatic carbocycles. The summed E-state index contributed by atoms with van der Waals surface area (Å²) in [5.74, 6) is -0.0802. The third-order valence-electron chi connectivity index (χ3n) is 2.71. The lowest BCUT2D eigenvalue weighted by Crippen LogP contribution is -2.40. The van der Waals surface area contributed by atoms with Crippen molar-refractivity contribution in [1.82, 2.24) is 5.32 Å². The number of carbonyl (C=O) groups excluding carboxylic acids is 1. The van der Waals surface area contributed by atoms with Gasteiger partial charge in [-0.3, -0.25) is 4.79 Å². The molecule has 3 N–H and O–H groups in total. The Bertz CT molecular complexity index is 394. The molecule has 18 heavy (non-hydrogen) atoms. The number of aryl methyl sites for hydroxylation is 1. The zero-order valence-electron chi connectivity index (χ0n) is 11.1. The molecular formula is C15H22N2O. The first-order valence-corrected chi connectivity index (χ1v) is 6.30. The fourth-order valence-electron chi connectivity index (χ4n) is 1.58. The topological polar surface area (TPSA) is 55.1 Å². The third kappa shape index (κ3) is 5.64. The fraction of sp³-hybridized carbons (Fsp3) is 0.400. The van der Waals surface area contributed by atoms with E-state index in [1.165, 1.54) is 11.1 Å². The smallest absolute Gasteiger partial charge is 0.237 e. The summed E-state index contributed by atoms with van der Waals surface area (Å²) in [6, 6.07) is 9.64. The maximum Gasteiger partial charge on any atom is 0.237 e. The lowest BCUT2D eigenvalue weighted by atomic mass is 10.1. The molecule has 1 unspecified atom stereocenters. The van der Waals surface area contributed by atoms with Gasteiger partial charge in [-0.25, -0.2) is 0 Å². The number of nitrogens with one attached hydrogen (secondary N) is 1. The summed E-state index contributed by atoms with van der Waals surface area (Å²) in [5.41, 5.74) is 8.25. The fourth-order valence-corrected chi connectivity index (χ4v) is 1.58. The molecule has 0 aliphatic heterocycles. The van der Waals surface area contributed by atoms with E-state index in [0.29, 0.717) is 13.0 Å². The SMILES string of the molecule is CC(C)=CCNC(=O)C(N)CCc1ccccc1. The minimum absolute atomic E-state index is 0.0802. The quantitative estimate of drug-likeness (QED) is 0.755. The molecule has 0 fully saturated rings. The highest BCUT2D eigenvalue weighted by Crippen LogP contribution is 2.04. The lowest BCUT2D eigenvalue weighted by molar-refractivity contribution is -0.122. The maximum atomic E-state index is 11.7. The Morgan fingerprint density at radius 2 is 2.00 bits per heavy atom. The van der Waals surface area contributed by atoms with Gasteiger partial charge in [0, 0.05) is 6.54 Å². The molecule has 0 spiro atoms. The van der Waals surface area contributed by atoms with Crippen molar-refractivity contribution >= 4 is 5.91 Å². The van der Waals surface area contributed by atoms with Crippen LogP contribution in [0.4, 0.5) is 0 Å². The number of rotatable bonds is 6. The van der Waals surface area contributed by atoms with Crippen LogP contribution in [0.25, 0.3) is 0 Å². The summed E-state index contributed by atoms with van der Waals surface area (Å²) in [5, 5.41) is 2.81. The van der Waals surface area contributed by atoms with Crippen molar-refractivity contribution in [1.29, 1.82) is 0 Å². The Balaban J connectivity index is 2.30. The largest absolute Gasteiger partial charge is 0.351 e. The molecule has 98 valence electrons. The Morgan fingerprint density at radius 3 is 2.61 bits per heavy atom. The van der Waals surface area contributed by atoms with Gasteiger partial charge in [-0.05, 0) is 32.3 Å². The molecule has 0 saturated carbocycles. The van der Waals surface area contributed by atoms with Crippen molar-refractivity contribution in [3.63, 3.8) is 0 Å². The van der Waals surface area contributed by atoms with Crippen LogP contribution in [-0.4, -0.2) is 18.5 Å². The summed E-state index contributed by atoms with van der Waals surface area (Å²) in [7, 11) is 0. The van der Waals surface area contributed by atoms with Crippen molar-refractivity contribution in [2.75, 3.05) is 6.54 Å². The van der Waals surface area contributed by atoms with Crippen LogP contribution in [0.1, 0.15) is 25.8 Å². The first-order chi connectivity index (χ1) is 8.59. The van der Waals surface area contributed by atoms with Gasteiger partial charge >= 0.3 is 0 Å². The number of hydrogen-bond acceptors (Lipinski definition) is 2. The van der Waals surface area contributed by atoms with Crippen LogP contribution in [0, 0.1) is 0 Å². The second-order valence-corrected chi connectivity index (χ2v) is 4.66. The first-order valence-electron chi connectivity index (χ1n) is 6.30. The summed E-state index contributed by atoms with van der Waals surface area (Å²) in [4.78, 5) is 11.7. The van der Waals surface area contributed by atoms with Gasteiger partial charge in [-0.15, -0.1) is 0 Å². The molecule has 0 saturated heterocycles. The van der Waals surface area contributed by atoms with Crippen molar-refractivity contribution in [3.05, 3.63) is 47.5 Å². The maximum absolute atomic E-state index is 11.7. The lowest BCUT2D eigenvalue weighted by Gasteiger charge is -2.11. The normalized spacial score (nSPS) is 11.7. The molecule has 1 rings (SSSR count). The molecule has 0 aliphatic rings. The van der Waals surface area contributed by atoms with E-state index in [4.69, 9.17) is 5.73 Å². The second kappa shape index (κ2) is 7.67. The van der Waals surface area contributed by atoms with Gasteiger partial charge in [0.2, 0.25) is 5.91 Å². The van der Waals surface area contributed by atoms with Crippen molar-refractivity contribution in [2.45, 2.75) is 32.7 Å². The standard InChI is InChI=1S/C15H22N2O/c1-12(2)10-11-17-15(18)14(16)9-8-13-6-4-3-5-7-13/h3-7,10,14H,8-9,11,16H2,1-2H3,(H,17,18). The summed E-state index contributed by atoms with van der Waals surface area (Å²) >= 11 is 0. The Morgan fingerprint density at radius 1 is 1.33 bits per heavy atom. The zero-order valence-corrected chi connectivity index (χ0v) is 11.1. The number of benzene rings is 1. The predicted octanol–water partition coefficient (Wildman–Crippen LogP) is 2.03. The van der Waals surface area contributed by atoms with Gasteiger partial charge in [-0.2, -0.15) is 0 Å². The van der Waals surface area contributed by atoms with Gasteiger partial charge < -0.3 is 11.1 Å². The van der Waals surface area contributed by atoms with Gasteiger partial charge in [0.1, 0.15) is 0 Å². The van der Waals surface area contributed by atoms with Crippen LogP contribution >= 0.6 is 0 Å². The van der Waals surface area contributed by atoms with Crippen molar-refractivity contribution in [3.8, 4) is 0 Å². The molecule has 1 amide bonds. The molecule has 1 aromatic rings. The van der Waals surface area contributed by atoms with E-state index in [1.807, 2.05) is 50.3 Å². The first kappa shape index (κ1) is 14.5. The van der Waals surface area contributed by atoms with Crippen molar-refractivity contribution in [2.24, 2.45) is 5.73 Å². The number of carbonyl (C=O) groups is 1. The highest BCUT2D eigenvalue weighted by atomic mass is 16.2. The van der Waals surface area contributed by atoms with Crippen LogP contribution in [-0.2, 0) is 11.2 Å². The monoisotopic (exact) mass is 246 g/mol. The molecule has 0 aliphatic carbocycles. The highest BCUT2D eigenvalue weighted by Gasteiger charge is 2.11. The van der Waals surface area contributed by atoms with Crippen LogP contribution in [0.3, 0.4) is 0 Å². The van der Waals surface area contributed by atoms with Gasteiger partial charge in [0.15, 0.2) is 0 Å². The van der Waals surface area contributed by atoms with Gasteiger partial charge in [0.25, 0.3) is 0 Å². The van der Waals surface area contributed by atoms with E-state index >= 15 is 0 Å². The van der Waals surface area contributed by atoms with E-state index in [1.54, 1.807) is 0 Å². The van der Waals surface area contributed by atoms with Crippen LogP contribution < -0.4 is 11.1 Å². The summed E-state index contributed by atoms with van der Waals surface area (Å²) in [6.07, 6.45) is 3.48. The van der Waals surface area contributed by atoms with Crippen LogP contribution in [0.15, 0.2) is 42.0 Å². The second-order valence-electron chi connectivity index (χ2n) is 4.66. The summed E-state index contributed by atoms with van der Waals surface area (Å²) in [6.45, 7) is 4.56. The molecule has 1 atom stereocenters. The van der Waals surface area contributed by atoms with E-state index in [2.05, 4.69) is 5.32 Å². The molecular weight excluding hydrogens is 224 g/mol. The predicted molar refractivity (Wildman–Crippen MR) is 75.2 cm³/mol. The number of hydrogen-bond donors (Lipinski definition) is 2. The van der Waals surface area contributed by atoms with E-state index < -0.39 is 6.04 Å². The van der Waals surface area contributed by atoms with E-state index in [-0.39, 0.29) is 5.91 Å². The molecule has 0 aromatic heterocycles. The highest BCUT2D eigenvalue weighted by molar-refractivity contribution is 5.81. The average molecular weight is 246 g/mol. The minimum atomic E-state index is -0.434. The van der Waals surface area contributed by atoms with Crippen LogP contribution in [0.2, 0.25) is 0 Å². The van der Waals surface area contributed by atoms with Crippen LogP contribution in [0.5, 0.6) is 0 Å². The number of allylic oxidation sites excluding steroid dienone is 1. The zero-order chi connectivity index (χ0) is 13.4. The van der Waals surface area contributed by atoms with E-state index in [0.717, 1.165) is 6.42 Å². The molecule has 0 radical (unpaired) electrons. The molecule has 3 heteroatoms. The Labute approximate surface area is 109 Å². The number of nitrogens with two attached hydrogens (primary N) is 1. The minimum Gasteiger partial charge on any atom is -0.351 e. The molecule has 0 heterocycles.